The van der Waals surface area contributed by atoms with Gasteiger partial charge in [0.2, 0.25) is 0 Å². The number of nitrogens with zero attached hydrogens (tertiary/aromatic N) is 1. The summed E-state index contributed by atoms with van der Waals surface area (Å²) in [7, 11) is 0. The van der Waals surface area contributed by atoms with Crippen LogP contribution in [0.5, 0.6) is 0 Å². The minimum atomic E-state index is -0.144. The standard InChI is InChI=1S/C20H23NO2S/c22-19(17-7-3-1-4-8-17)20(18-9-5-2-6-10-18)24-16-13-21-11-14-23-15-12-21/h1-10,20H,11-16H2. The highest BCUT2D eigenvalue weighted by atomic mass is 32.2. The van der Waals surface area contributed by atoms with E-state index in [2.05, 4.69) is 4.90 Å². The third-order valence-electron chi connectivity index (χ3n) is 4.19. The molecule has 0 bridgehead atoms. The molecular weight excluding hydrogens is 318 g/mol. The first kappa shape index (κ1) is 17.2. The summed E-state index contributed by atoms with van der Waals surface area (Å²) < 4.78 is 5.39. The van der Waals surface area contributed by atoms with Gasteiger partial charge in [-0.1, -0.05) is 60.7 Å². The van der Waals surface area contributed by atoms with Gasteiger partial charge in [-0.15, -0.1) is 11.8 Å². The number of carbonyl (C=O) groups excluding carboxylic acids is 1. The van der Waals surface area contributed by atoms with Crippen molar-refractivity contribution in [2.24, 2.45) is 0 Å². The molecule has 1 saturated heterocycles. The average molecular weight is 341 g/mol. The molecule has 3 nitrogen and oxygen atoms in total. The van der Waals surface area contributed by atoms with E-state index >= 15 is 0 Å². The highest BCUT2D eigenvalue weighted by molar-refractivity contribution is 8.00. The molecule has 0 N–H and O–H groups in total. The largest absolute Gasteiger partial charge is 0.379 e. The Morgan fingerprint density at radius 1 is 1.00 bits per heavy atom. The molecule has 1 aliphatic rings. The molecule has 0 aromatic heterocycles. The number of ether oxygens (including phenoxy) is 1. The lowest BCUT2D eigenvalue weighted by Gasteiger charge is -2.27. The zero-order chi connectivity index (χ0) is 16.6. The number of hydrogen-bond donors (Lipinski definition) is 0. The molecule has 0 saturated carbocycles. The second-order valence-electron chi connectivity index (χ2n) is 5.85. The fraction of sp³-hybridized carbons (Fsp3) is 0.350. The van der Waals surface area contributed by atoms with Crippen molar-refractivity contribution in [3.63, 3.8) is 0 Å². The van der Waals surface area contributed by atoms with Crippen molar-refractivity contribution >= 4 is 17.5 Å². The van der Waals surface area contributed by atoms with Crippen LogP contribution in [0.15, 0.2) is 60.7 Å². The molecule has 1 heterocycles. The van der Waals surface area contributed by atoms with E-state index in [1.807, 2.05) is 60.7 Å². The molecule has 1 unspecified atom stereocenters. The molecule has 0 radical (unpaired) electrons. The van der Waals surface area contributed by atoms with Gasteiger partial charge in [0.15, 0.2) is 5.78 Å². The molecule has 24 heavy (non-hydrogen) atoms. The maximum atomic E-state index is 13.0. The first-order valence-corrected chi connectivity index (χ1v) is 9.45. The van der Waals surface area contributed by atoms with Crippen molar-refractivity contribution in [1.29, 1.82) is 0 Å². The van der Waals surface area contributed by atoms with Gasteiger partial charge in [0.1, 0.15) is 0 Å². The summed E-state index contributed by atoms with van der Waals surface area (Å²) in [5, 5.41) is -0.144. The highest BCUT2D eigenvalue weighted by Gasteiger charge is 2.22. The lowest BCUT2D eigenvalue weighted by Crippen LogP contribution is -2.37. The molecule has 0 aliphatic carbocycles. The van der Waals surface area contributed by atoms with E-state index in [-0.39, 0.29) is 11.0 Å². The van der Waals surface area contributed by atoms with E-state index in [4.69, 9.17) is 4.74 Å². The van der Waals surface area contributed by atoms with E-state index < -0.39 is 0 Å². The SMILES string of the molecule is O=C(c1ccccc1)C(SCCN1CCOCC1)c1ccccc1. The first-order chi connectivity index (χ1) is 11.8. The predicted octanol–water partition coefficient (Wildman–Crippen LogP) is 3.68. The number of Topliss-reactive ketones (excluding diaryl/α,β-unsaturated/α-hetero) is 1. The summed E-state index contributed by atoms with van der Waals surface area (Å²) in [4.78, 5) is 15.4. The summed E-state index contributed by atoms with van der Waals surface area (Å²) in [5.74, 6) is 1.13. The molecule has 0 amide bonds. The molecule has 3 rings (SSSR count). The minimum Gasteiger partial charge on any atom is -0.379 e. The Labute approximate surface area is 148 Å². The maximum Gasteiger partial charge on any atom is 0.180 e. The van der Waals surface area contributed by atoms with E-state index in [1.165, 1.54) is 0 Å². The maximum absolute atomic E-state index is 13.0. The fourth-order valence-electron chi connectivity index (χ4n) is 2.83. The molecule has 126 valence electrons. The van der Waals surface area contributed by atoms with Crippen LogP contribution < -0.4 is 0 Å². The van der Waals surface area contributed by atoms with Crippen molar-refractivity contribution in [3.8, 4) is 0 Å². The normalized spacial score (nSPS) is 16.7. The van der Waals surface area contributed by atoms with Crippen LogP contribution in [0.1, 0.15) is 21.2 Å². The Bertz CT molecular complexity index is 627. The van der Waals surface area contributed by atoms with Gasteiger partial charge in [-0.2, -0.15) is 0 Å². The Morgan fingerprint density at radius 3 is 2.29 bits per heavy atom. The van der Waals surface area contributed by atoms with Crippen LogP contribution in [-0.2, 0) is 4.74 Å². The smallest absolute Gasteiger partial charge is 0.180 e. The average Bonchev–Trinajstić information content (AvgIpc) is 2.67. The fourth-order valence-corrected chi connectivity index (χ4v) is 4.07. The molecule has 0 spiro atoms. The van der Waals surface area contributed by atoms with Crippen LogP contribution in [0.2, 0.25) is 0 Å². The van der Waals surface area contributed by atoms with Gasteiger partial charge < -0.3 is 4.74 Å². The number of carbonyl (C=O) groups is 1. The summed E-state index contributed by atoms with van der Waals surface area (Å²) in [5.41, 5.74) is 1.86. The third kappa shape index (κ3) is 4.69. The molecule has 2 aromatic carbocycles. The summed E-state index contributed by atoms with van der Waals surface area (Å²) in [6, 6.07) is 19.7. The lowest BCUT2D eigenvalue weighted by molar-refractivity contribution is 0.0410. The van der Waals surface area contributed by atoms with Crippen LogP contribution in [0.4, 0.5) is 0 Å². The van der Waals surface area contributed by atoms with E-state index in [1.54, 1.807) is 11.8 Å². The van der Waals surface area contributed by atoms with E-state index in [0.717, 1.165) is 49.7 Å². The Balaban J connectivity index is 1.67. The topological polar surface area (TPSA) is 29.5 Å². The van der Waals surface area contributed by atoms with Crippen molar-refractivity contribution in [1.82, 2.24) is 4.90 Å². The van der Waals surface area contributed by atoms with Crippen molar-refractivity contribution < 1.29 is 9.53 Å². The number of benzene rings is 2. The van der Waals surface area contributed by atoms with Gasteiger partial charge in [-0.25, -0.2) is 0 Å². The van der Waals surface area contributed by atoms with Gasteiger partial charge in [-0.3, -0.25) is 9.69 Å². The number of hydrogen-bond acceptors (Lipinski definition) is 4. The zero-order valence-corrected chi connectivity index (χ0v) is 14.6. The number of ketones is 1. The highest BCUT2D eigenvalue weighted by Crippen LogP contribution is 2.32. The molecule has 1 fully saturated rings. The molecule has 1 aliphatic heterocycles. The second kappa shape index (κ2) is 9.02. The second-order valence-corrected chi connectivity index (χ2v) is 7.06. The van der Waals surface area contributed by atoms with Crippen LogP contribution in [0.25, 0.3) is 0 Å². The Morgan fingerprint density at radius 2 is 1.62 bits per heavy atom. The number of thioether (sulfide) groups is 1. The molecular formula is C20H23NO2S. The quantitative estimate of drug-likeness (QED) is 0.719. The summed E-state index contributed by atoms with van der Waals surface area (Å²) in [6.45, 7) is 4.61. The van der Waals surface area contributed by atoms with Gasteiger partial charge in [0.05, 0.1) is 18.5 Å². The van der Waals surface area contributed by atoms with Gasteiger partial charge in [0, 0.05) is 31.0 Å². The summed E-state index contributed by atoms with van der Waals surface area (Å²) in [6.07, 6.45) is 0. The Kier molecular flexibility index (Phi) is 6.47. The first-order valence-electron chi connectivity index (χ1n) is 8.40. The number of rotatable bonds is 7. The minimum absolute atomic E-state index is 0.144. The van der Waals surface area contributed by atoms with Crippen molar-refractivity contribution in [2.45, 2.75) is 5.25 Å². The number of morpholine rings is 1. The van der Waals surface area contributed by atoms with Crippen LogP contribution in [0, 0.1) is 0 Å². The van der Waals surface area contributed by atoms with Crippen LogP contribution >= 0.6 is 11.8 Å². The predicted molar refractivity (Wildman–Crippen MR) is 99.7 cm³/mol. The van der Waals surface area contributed by atoms with Crippen molar-refractivity contribution in [3.05, 3.63) is 71.8 Å². The monoisotopic (exact) mass is 341 g/mol. The lowest BCUT2D eigenvalue weighted by atomic mass is 10.0. The Hall–Kier alpha value is -1.62. The van der Waals surface area contributed by atoms with Gasteiger partial charge >= 0.3 is 0 Å². The van der Waals surface area contributed by atoms with Gasteiger partial charge in [0.25, 0.3) is 0 Å². The van der Waals surface area contributed by atoms with Gasteiger partial charge in [-0.05, 0) is 5.56 Å². The van der Waals surface area contributed by atoms with Crippen molar-refractivity contribution in [2.75, 3.05) is 38.6 Å². The zero-order valence-electron chi connectivity index (χ0n) is 13.8. The van der Waals surface area contributed by atoms with Crippen LogP contribution in [-0.4, -0.2) is 49.3 Å². The van der Waals surface area contributed by atoms with Crippen LogP contribution in [0.3, 0.4) is 0 Å². The molecule has 1 atom stereocenters. The third-order valence-corrected chi connectivity index (χ3v) is 5.43. The van der Waals surface area contributed by atoms with E-state index in [0.29, 0.717) is 0 Å². The summed E-state index contributed by atoms with van der Waals surface area (Å²) >= 11 is 1.74. The van der Waals surface area contributed by atoms with E-state index in [9.17, 15) is 4.79 Å². The molecule has 4 heteroatoms. The molecule has 2 aromatic rings.